The summed E-state index contributed by atoms with van der Waals surface area (Å²) in [5.41, 5.74) is 3.41. The number of para-hydroxylation sites is 1. The molecule has 0 bridgehead atoms. The maximum absolute atomic E-state index is 5.85. The summed E-state index contributed by atoms with van der Waals surface area (Å²) in [5.74, 6) is 0.930. The van der Waals surface area contributed by atoms with Gasteiger partial charge in [-0.25, -0.2) is 0 Å². The lowest BCUT2D eigenvalue weighted by Crippen LogP contribution is -2.09. The van der Waals surface area contributed by atoms with Gasteiger partial charge in [-0.3, -0.25) is 0 Å². The van der Waals surface area contributed by atoms with Crippen molar-refractivity contribution < 1.29 is 4.74 Å². The van der Waals surface area contributed by atoms with Gasteiger partial charge in [-0.2, -0.15) is 0 Å². The van der Waals surface area contributed by atoms with E-state index in [0.29, 0.717) is 6.54 Å². The number of benzene rings is 2. The molecule has 1 N–H and O–H groups in total. The van der Waals surface area contributed by atoms with Crippen LogP contribution in [0.4, 0.5) is 5.69 Å². The van der Waals surface area contributed by atoms with Crippen LogP contribution in [-0.2, 0) is 6.54 Å². The summed E-state index contributed by atoms with van der Waals surface area (Å²) in [7, 11) is 0. The Hall–Kier alpha value is -1.00. The first kappa shape index (κ1) is 16.4. The standard InChI is InChI=1S/C17H19Br2NO/c1-11(2)21-16-7-5-4-6-13(16)10-20-17-14(18)8-12(3)9-15(17)19/h4-9,11,20H,10H2,1-3H3. The molecule has 0 heterocycles. The lowest BCUT2D eigenvalue weighted by atomic mass is 10.2. The molecule has 2 nitrogen and oxygen atoms in total. The Balaban J connectivity index is 2.17. The van der Waals surface area contributed by atoms with Gasteiger partial charge in [-0.1, -0.05) is 18.2 Å². The molecule has 0 spiro atoms. The predicted molar refractivity (Wildman–Crippen MR) is 96.1 cm³/mol. The fourth-order valence-corrected chi connectivity index (χ4v) is 3.77. The molecule has 4 heteroatoms. The molecule has 0 aliphatic rings. The van der Waals surface area contributed by atoms with Gasteiger partial charge in [-0.05, 0) is 76.4 Å². The van der Waals surface area contributed by atoms with Crippen molar-refractivity contribution in [3.63, 3.8) is 0 Å². The van der Waals surface area contributed by atoms with Crippen LogP contribution in [0, 0.1) is 6.92 Å². The van der Waals surface area contributed by atoms with Gasteiger partial charge in [0.05, 0.1) is 11.8 Å². The van der Waals surface area contributed by atoms with E-state index in [1.165, 1.54) is 5.56 Å². The molecule has 0 saturated heterocycles. The van der Waals surface area contributed by atoms with Gasteiger partial charge in [0.15, 0.2) is 0 Å². The third-order valence-electron chi connectivity index (χ3n) is 2.98. The molecule has 0 unspecified atom stereocenters. The summed E-state index contributed by atoms with van der Waals surface area (Å²) in [6, 6.07) is 12.3. The lowest BCUT2D eigenvalue weighted by Gasteiger charge is -2.16. The molecule has 0 atom stereocenters. The Morgan fingerprint density at radius 3 is 2.33 bits per heavy atom. The molecule has 0 amide bonds. The second-order valence-corrected chi connectivity index (χ2v) is 6.94. The van der Waals surface area contributed by atoms with E-state index < -0.39 is 0 Å². The fraction of sp³-hybridized carbons (Fsp3) is 0.294. The maximum Gasteiger partial charge on any atom is 0.124 e. The highest BCUT2D eigenvalue weighted by Gasteiger charge is 2.09. The van der Waals surface area contributed by atoms with Crippen LogP contribution in [0.1, 0.15) is 25.0 Å². The second kappa shape index (κ2) is 7.32. The van der Waals surface area contributed by atoms with Crippen molar-refractivity contribution in [3.05, 3.63) is 56.5 Å². The smallest absolute Gasteiger partial charge is 0.124 e. The summed E-state index contributed by atoms with van der Waals surface area (Å²) in [6.45, 7) is 6.86. The number of rotatable bonds is 5. The molecule has 0 aliphatic heterocycles. The van der Waals surface area contributed by atoms with Gasteiger partial charge in [0.1, 0.15) is 5.75 Å². The Bertz CT molecular complexity index is 603. The first-order chi connectivity index (χ1) is 9.97. The quantitative estimate of drug-likeness (QED) is 0.657. The van der Waals surface area contributed by atoms with Crippen molar-refractivity contribution in [1.29, 1.82) is 0 Å². The van der Waals surface area contributed by atoms with Crippen LogP contribution in [0.3, 0.4) is 0 Å². The SMILES string of the molecule is Cc1cc(Br)c(NCc2ccccc2OC(C)C)c(Br)c1. The number of hydrogen-bond donors (Lipinski definition) is 1. The number of hydrogen-bond acceptors (Lipinski definition) is 2. The zero-order valence-electron chi connectivity index (χ0n) is 12.4. The lowest BCUT2D eigenvalue weighted by molar-refractivity contribution is 0.240. The Kier molecular flexibility index (Phi) is 5.71. The van der Waals surface area contributed by atoms with E-state index in [0.717, 1.165) is 25.9 Å². The van der Waals surface area contributed by atoms with Gasteiger partial charge in [0.25, 0.3) is 0 Å². The fourth-order valence-electron chi connectivity index (χ4n) is 2.07. The van der Waals surface area contributed by atoms with Gasteiger partial charge in [0.2, 0.25) is 0 Å². The Morgan fingerprint density at radius 1 is 1.10 bits per heavy atom. The second-order valence-electron chi connectivity index (χ2n) is 5.23. The molecule has 0 radical (unpaired) electrons. The van der Waals surface area contributed by atoms with Crippen LogP contribution in [0.15, 0.2) is 45.3 Å². The highest BCUT2D eigenvalue weighted by atomic mass is 79.9. The van der Waals surface area contributed by atoms with Crippen LogP contribution in [0.2, 0.25) is 0 Å². The van der Waals surface area contributed by atoms with Gasteiger partial charge in [0, 0.05) is 21.1 Å². The normalized spacial score (nSPS) is 10.8. The average Bonchev–Trinajstić information content (AvgIpc) is 2.38. The number of nitrogens with one attached hydrogen (secondary N) is 1. The summed E-state index contributed by atoms with van der Waals surface area (Å²) < 4.78 is 7.95. The van der Waals surface area contributed by atoms with Crippen molar-refractivity contribution >= 4 is 37.5 Å². The molecule has 0 aliphatic carbocycles. The van der Waals surface area contributed by atoms with E-state index in [4.69, 9.17) is 4.74 Å². The molecule has 2 aromatic carbocycles. The minimum absolute atomic E-state index is 0.170. The molecule has 21 heavy (non-hydrogen) atoms. The summed E-state index contributed by atoms with van der Waals surface area (Å²) in [6.07, 6.45) is 0.170. The summed E-state index contributed by atoms with van der Waals surface area (Å²) >= 11 is 7.21. The summed E-state index contributed by atoms with van der Waals surface area (Å²) in [5, 5.41) is 3.46. The van der Waals surface area contributed by atoms with Crippen molar-refractivity contribution in [2.75, 3.05) is 5.32 Å². The van der Waals surface area contributed by atoms with Crippen molar-refractivity contribution in [1.82, 2.24) is 0 Å². The molecular formula is C17H19Br2NO. The first-order valence-electron chi connectivity index (χ1n) is 6.91. The topological polar surface area (TPSA) is 21.3 Å². The maximum atomic E-state index is 5.85. The largest absolute Gasteiger partial charge is 0.491 e. The number of anilines is 1. The molecule has 0 aromatic heterocycles. The number of aryl methyl sites for hydroxylation is 1. The van der Waals surface area contributed by atoms with E-state index in [2.05, 4.69) is 62.3 Å². The highest BCUT2D eigenvalue weighted by Crippen LogP contribution is 2.33. The van der Waals surface area contributed by atoms with E-state index >= 15 is 0 Å². The Morgan fingerprint density at radius 2 is 1.71 bits per heavy atom. The van der Waals surface area contributed by atoms with Crippen molar-refractivity contribution in [3.8, 4) is 5.75 Å². The van der Waals surface area contributed by atoms with E-state index in [-0.39, 0.29) is 6.10 Å². The molecule has 112 valence electrons. The van der Waals surface area contributed by atoms with Crippen LogP contribution < -0.4 is 10.1 Å². The van der Waals surface area contributed by atoms with Gasteiger partial charge >= 0.3 is 0 Å². The highest BCUT2D eigenvalue weighted by molar-refractivity contribution is 9.11. The summed E-state index contributed by atoms with van der Waals surface area (Å²) in [4.78, 5) is 0. The monoisotopic (exact) mass is 411 g/mol. The average molecular weight is 413 g/mol. The van der Waals surface area contributed by atoms with E-state index in [1.54, 1.807) is 0 Å². The Labute approximate surface area is 143 Å². The van der Waals surface area contributed by atoms with Gasteiger partial charge in [-0.15, -0.1) is 0 Å². The molecule has 0 saturated carbocycles. The zero-order valence-corrected chi connectivity index (χ0v) is 15.6. The van der Waals surface area contributed by atoms with Crippen molar-refractivity contribution in [2.24, 2.45) is 0 Å². The number of halogens is 2. The molecule has 2 rings (SSSR count). The van der Waals surface area contributed by atoms with E-state index in [9.17, 15) is 0 Å². The van der Waals surface area contributed by atoms with Crippen molar-refractivity contribution in [2.45, 2.75) is 33.4 Å². The van der Waals surface area contributed by atoms with Crippen LogP contribution in [-0.4, -0.2) is 6.10 Å². The van der Waals surface area contributed by atoms with Crippen LogP contribution in [0.5, 0.6) is 5.75 Å². The minimum Gasteiger partial charge on any atom is -0.491 e. The van der Waals surface area contributed by atoms with E-state index in [1.807, 2.05) is 32.0 Å². The number of ether oxygens (including phenoxy) is 1. The zero-order chi connectivity index (χ0) is 15.4. The third kappa shape index (κ3) is 4.48. The minimum atomic E-state index is 0.170. The first-order valence-corrected chi connectivity index (χ1v) is 8.50. The van der Waals surface area contributed by atoms with Crippen LogP contribution in [0.25, 0.3) is 0 Å². The molecular weight excluding hydrogens is 394 g/mol. The predicted octanol–water partition coefficient (Wildman–Crippen LogP) is 5.92. The van der Waals surface area contributed by atoms with Gasteiger partial charge < -0.3 is 10.1 Å². The molecule has 0 fully saturated rings. The third-order valence-corrected chi connectivity index (χ3v) is 4.23. The molecule has 2 aromatic rings. The van der Waals surface area contributed by atoms with Crippen LogP contribution >= 0.6 is 31.9 Å².